The molecular weight excluding hydrogens is 289 g/mol. The molecule has 0 N–H and O–H groups in total. The molecule has 0 unspecified atom stereocenters. The van der Waals surface area contributed by atoms with Crippen molar-refractivity contribution in [2.24, 2.45) is 0 Å². The summed E-state index contributed by atoms with van der Waals surface area (Å²) < 4.78 is 20.6. The van der Waals surface area contributed by atoms with Crippen molar-refractivity contribution in [3.8, 4) is 0 Å². The normalized spacial score (nSPS) is 15.5. The van der Waals surface area contributed by atoms with E-state index in [1.54, 1.807) is 0 Å². The standard InChI is InChI=1S/C15H26FNOSSi/c1-8-14(18-20(6,7)15(3,4)5)13(16)9-12-10-19-11(2)17-12/h9-10,14H,8H2,1-7H3/b13-9-/t14-/m0/s1. The van der Waals surface area contributed by atoms with Crippen LogP contribution in [0.5, 0.6) is 0 Å². The van der Waals surface area contributed by atoms with E-state index in [0.717, 1.165) is 5.01 Å². The summed E-state index contributed by atoms with van der Waals surface area (Å²) in [6, 6.07) is 0. The maximum absolute atomic E-state index is 14.4. The van der Waals surface area contributed by atoms with Crippen molar-refractivity contribution in [3.05, 3.63) is 21.9 Å². The molecule has 1 aromatic rings. The molecule has 0 fully saturated rings. The lowest BCUT2D eigenvalue weighted by Gasteiger charge is -2.38. The quantitative estimate of drug-likeness (QED) is 0.663. The molecule has 0 spiro atoms. The first-order chi connectivity index (χ1) is 9.06. The molecule has 0 amide bonds. The summed E-state index contributed by atoms with van der Waals surface area (Å²) in [5.41, 5.74) is 0.683. The third-order valence-corrected chi connectivity index (χ3v) is 9.12. The monoisotopic (exact) mass is 315 g/mol. The van der Waals surface area contributed by atoms with Gasteiger partial charge >= 0.3 is 0 Å². The third-order valence-electron chi connectivity index (χ3n) is 3.84. The molecular formula is C15H26FNOSSi. The predicted molar refractivity (Wildman–Crippen MR) is 88.3 cm³/mol. The number of aryl methyl sites for hydroxylation is 1. The zero-order chi connectivity index (χ0) is 15.6. The number of hydrogen-bond acceptors (Lipinski definition) is 3. The fraction of sp³-hybridized carbons (Fsp3) is 0.667. The molecule has 0 saturated carbocycles. The molecule has 1 heterocycles. The molecule has 0 aliphatic carbocycles. The molecule has 1 rings (SSSR count). The molecule has 1 aromatic heterocycles. The lowest BCUT2D eigenvalue weighted by molar-refractivity contribution is 0.185. The van der Waals surface area contributed by atoms with Crippen molar-refractivity contribution in [1.82, 2.24) is 4.98 Å². The fourth-order valence-corrected chi connectivity index (χ4v) is 3.46. The van der Waals surface area contributed by atoms with Crippen molar-refractivity contribution in [2.75, 3.05) is 0 Å². The number of halogens is 1. The maximum atomic E-state index is 14.4. The first kappa shape index (κ1) is 17.5. The van der Waals surface area contributed by atoms with Crippen LogP contribution in [0, 0.1) is 6.92 Å². The Hall–Kier alpha value is -0.523. The molecule has 20 heavy (non-hydrogen) atoms. The Labute approximate surface area is 127 Å². The zero-order valence-electron chi connectivity index (χ0n) is 13.6. The average molecular weight is 316 g/mol. The molecule has 5 heteroatoms. The Balaban J connectivity index is 2.88. The van der Waals surface area contributed by atoms with Crippen molar-refractivity contribution in [2.45, 2.75) is 65.3 Å². The maximum Gasteiger partial charge on any atom is 0.193 e. The molecule has 0 bridgehead atoms. The van der Waals surface area contributed by atoms with E-state index in [1.165, 1.54) is 17.4 Å². The Kier molecular flexibility index (Phi) is 5.69. The minimum atomic E-state index is -1.96. The van der Waals surface area contributed by atoms with Gasteiger partial charge in [-0.05, 0) is 37.6 Å². The van der Waals surface area contributed by atoms with Crippen molar-refractivity contribution < 1.29 is 8.82 Å². The smallest absolute Gasteiger partial charge is 0.193 e. The number of rotatable bonds is 5. The highest BCUT2D eigenvalue weighted by Gasteiger charge is 2.39. The zero-order valence-corrected chi connectivity index (χ0v) is 15.4. The lowest BCUT2D eigenvalue weighted by atomic mass is 10.2. The molecule has 0 aliphatic rings. The molecule has 2 nitrogen and oxygen atoms in total. The van der Waals surface area contributed by atoms with Gasteiger partial charge in [-0.25, -0.2) is 9.37 Å². The topological polar surface area (TPSA) is 22.1 Å². The largest absolute Gasteiger partial charge is 0.408 e. The number of thiazole rings is 1. The lowest BCUT2D eigenvalue weighted by Crippen LogP contribution is -2.44. The Morgan fingerprint density at radius 1 is 1.50 bits per heavy atom. The average Bonchev–Trinajstić information content (AvgIpc) is 2.70. The van der Waals surface area contributed by atoms with Crippen molar-refractivity contribution in [3.63, 3.8) is 0 Å². The highest BCUT2D eigenvalue weighted by Crippen LogP contribution is 2.38. The summed E-state index contributed by atoms with van der Waals surface area (Å²) in [7, 11) is -1.96. The fourth-order valence-electron chi connectivity index (χ4n) is 1.55. The first-order valence-corrected chi connectivity index (χ1v) is 10.8. The summed E-state index contributed by atoms with van der Waals surface area (Å²) in [5, 5.41) is 2.90. The highest BCUT2D eigenvalue weighted by molar-refractivity contribution is 7.09. The van der Waals surface area contributed by atoms with Crippen molar-refractivity contribution >= 4 is 25.7 Å². The van der Waals surface area contributed by atoms with E-state index in [0.29, 0.717) is 12.1 Å². The van der Waals surface area contributed by atoms with Crippen LogP contribution in [0.3, 0.4) is 0 Å². The Bertz CT molecular complexity index is 476. The minimum Gasteiger partial charge on any atom is -0.408 e. The second kappa shape index (κ2) is 6.50. The van der Waals surface area contributed by atoms with Gasteiger partial charge in [0.05, 0.1) is 16.8 Å². The van der Waals surface area contributed by atoms with Gasteiger partial charge in [-0.2, -0.15) is 0 Å². The van der Waals surface area contributed by atoms with Crippen molar-refractivity contribution in [1.29, 1.82) is 0 Å². The van der Waals surface area contributed by atoms with E-state index in [4.69, 9.17) is 4.43 Å². The minimum absolute atomic E-state index is 0.0813. The molecule has 0 aliphatic heterocycles. The second-order valence-corrected chi connectivity index (χ2v) is 12.4. The van der Waals surface area contributed by atoms with Gasteiger partial charge in [-0.1, -0.05) is 27.7 Å². The van der Waals surface area contributed by atoms with Crippen LogP contribution in [-0.4, -0.2) is 19.4 Å². The van der Waals surface area contributed by atoms with Crippen LogP contribution >= 0.6 is 11.3 Å². The Morgan fingerprint density at radius 2 is 2.10 bits per heavy atom. The van der Waals surface area contributed by atoms with Gasteiger partial charge in [0.15, 0.2) is 8.32 Å². The SMILES string of the molecule is CC[C@H](O[Si](C)(C)C(C)(C)C)/C(F)=C/c1csc(C)n1. The molecule has 0 aromatic carbocycles. The second-order valence-electron chi connectivity index (χ2n) is 6.60. The molecule has 0 saturated heterocycles. The van der Waals surface area contributed by atoms with E-state index in [1.807, 2.05) is 19.2 Å². The van der Waals surface area contributed by atoms with Crippen LogP contribution in [0.15, 0.2) is 11.2 Å². The van der Waals surface area contributed by atoms with E-state index in [2.05, 4.69) is 38.8 Å². The number of hydrogen-bond donors (Lipinski definition) is 0. The van der Waals surface area contributed by atoms with Crippen LogP contribution in [0.4, 0.5) is 4.39 Å². The van der Waals surface area contributed by atoms with Crippen LogP contribution in [0.25, 0.3) is 6.08 Å². The van der Waals surface area contributed by atoms with Crippen LogP contribution in [0.2, 0.25) is 18.1 Å². The van der Waals surface area contributed by atoms with Crippen LogP contribution in [0.1, 0.15) is 44.8 Å². The van der Waals surface area contributed by atoms with Gasteiger partial charge in [-0.3, -0.25) is 0 Å². The van der Waals surface area contributed by atoms with E-state index >= 15 is 0 Å². The Morgan fingerprint density at radius 3 is 2.50 bits per heavy atom. The van der Waals surface area contributed by atoms with E-state index in [-0.39, 0.29) is 10.9 Å². The van der Waals surface area contributed by atoms with Crippen LogP contribution in [-0.2, 0) is 4.43 Å². The van der Waals surface area contributed by atoms with Gasteiger partial charge in [0.25, 0.3) is 0 Å². The van der Waals surface area contributed by atoms with E-state index < -0.39 is 14.4 Å². The summed E-state index contributed by atoms with van der Waals surface area (Å²) in [6.45, 7) is 14.7. The summed E-state index contributed by atoms with van der Waals surface area (Å²) >= 11 is 1.53. The van der Waals surface area contributed by atoms with Gasteiger partial charge in [-0.15, -0.1) is 11.3 Å². The molecule has 114 valence electrons. The molecule has 1 atom stereocenters. The van der Waals surface area contributed by atoms with Gasteiger partial charge in [0.2, 0.25) is 0 Å². The first-order valence-electron chi connectivity index (χ1n) is 7.04. The molecule has 0 radical (unpaired) electrons. The summed E-state index contributed by atoms with van der Waals surface area (Å²) in [4.78, 5) is 4.27. The summed E-state index contributed by atoms with van der Waals surface area (Å²) in [5.74, 6) is -0.220. The van der Waals surface area contributed by atoms with Gasteiger partial charge < -0.3 is 4.43 Å². The number of aromatic nitrogens is 1. The highest BCUT2D eigenvalue weighted by atomic mass is 32.1. The predicted octanol–water partition coefficient (Wildman–Crippen LogP) is 5.56. The summed E-state index contributed by atoms with van der Waals surface area (Å²) in [6.07, 6.45) is 1.68. The van der Waals surface area contributed by atoms with Gasteiger partial charge in [0.1, 0.15) is 5.83 Å². The third kappa shape index (κ3) is 4.50. The van der Waals surface area contributed by atoms with E-state index in [9.17, 15) is 4.39 Å². The van der Waals surface area contributed by atoms with Gasteiger partial charge in [0, 0.05) is 5.38 Å². The van der Waals surface area contributed by atoms with Crippen LogP contribution < -0.4 is 0 Å². The number of nitrogens with zero attached hydrogens (tertiary/aromatic N) is 1.